The summed E-state index contributed by atoms with van der Waals surface area (Å²) < 4.78 is 0. The van der Waals surface area contributed by atoms with Crippen molar-refractivity contribution in [2.24, 2.45) is 0 Å². The monoisotopic (exact) mass is 387 g/mol. The van der Waals surface area contributed by atoms with Crippen molar-refractivity contribution < 1.29 is 9.59 Å². The minimum atomic E-state index is -0.153. The number of anilines is 3. The Morgan fingerprint density at radius 1 is 1.00 bits per heavy atom. The summed E-state index contributed by atoms with van der Waals surface area (Å²) in [6.45, 7) is 7.82. The average molecular weight is 388 g/mol. The van der Waals surface area contributed by atoms with E-state index in [1.807, 2.05) is 30.3 Å². The van der Waals surface area contributed by atoms with Gasteiger partial charge in [-0.15, -0.1) is 0 Å². The van der Waals surface area contributed by atoms with Crippen molar-refractivity contribution >= 4 is 40.5 Å². The molecule has 2 rings (SSSR count). The maximum absolute atomic E-state index is 12.3. The van der Waals surface area contributed by atoms with Crippen molar-refractivity contribution in [2.45, 2.75) is 27.2 Å². The quantitative estimate of drug-likeness (QED) is 0.721. The third-order valence-electron chi connectivity index (χ3n) is 4.37. The van der Waals surface area contributed by atoms with Crippen LogP contribution in [0.25, 0.3) is 0 Å². The molecule has 5 nitrogen and oxygen atoms in total. The van der Waals surface area contributed by atoms with Gasteiger partial charge in [-0.25, -0.2) is 0 Å². The lowest BCUT2D eigenvalue weighted by Crippen LogP contribution is -2.32. The first-order valence-electron chi connectivity index (χ1n) is 9.13. The van der Waals surface area contributed by atoms with Crippen LogP contribution in [0.1, 0.15) is 27.2 Å². The Hall–Kier alpha value is -2.53. The van der Waals surface area contributed by atoms with Crippen molar-refractivity contribution in [1.29, 1.82) is 0 Å². The van der Waals surface area contributed by atoms with Crippen LogP contribution >= 0.6 is 11.6 Å². The number of amides is 2. The van der Waals surface area contributed by atoms with Crippen LogP contribution < -0.4 is 15.1 Å². The molecule has 27 heavy (non-hydrogen) atoms. The molecule has 0 bridgehead atoms. The number of para-hydroxylation sites is 1. The van der Waals surface area contributed by atoms with E-state index in [1.165, 1.54) is 11.8 Å². The number of hydrogen-bond acceptors (Lipinski definition) is 3. The SMILES string of the molecule is CCN(CC)c1ccc(NC(=O)CCN(C(C)=O)c2ccccc2Cl)cc1. The van der Waals surface area contributed by atoms with Gasteiger partial charge < -0.3 is 15.1 Å². The highest BCUT2D eigenvalue weighted by Crippen LogP contribution is 2.25. The average Bonchev–Trinajstić information content (AvgIpc) is 2.65. The Morgan fingerprint density at radius 3 is 2.19 bits per heavy atom. The van der Waals surface area contributed by atoms with E-state index >= 15 is 0 Å². The zero-order valence-corrected chi connectivity index (χ0v) is 16.8. The molecule has 144 valence electrons. The van der Waals surface area contributed by atoms with Gasteiger partial charge in [-0.3, -0.25) is 9.59 Å². The number of nitrogens with one attached hydrogen (secondary N) is 1. The van der Waals surface area contributed by atoms with Gasteiger partial charge in [0.05, 0.1) is 10.7 Å². The normalized spacial score (nSPS) is 10.4. The van der Waals surface area contributed by atoms with Gasteiger partial charge in [-0.1, -0.05) is 23.7 Å². The highest BCUT2D eigenvalue weighted by Gasteiger charge is 2.16. The summed E-state index contributed by atoms with van der Waals surface area (Å²) in [5.41, 5.74) is 2.48. The molecule has 0 aliphatic carbocycles. The van der Waals surface area contributed by atoms with Gasteiger partial charge in [0.25, 0.3) is 0 Å². The number of carbonyl (C=O) groups is 2. The lowest BCUT2D eigenvalue weighted by Gasteiger charge is -2.22. The Morgan fingerprint density at radius 2 is 1.63 bits per heavy atom. The van der Waals surface area contributed by atoms with Crippen molar-refractivity contribution in [3.63, 3.8) is 0 Å². The predicted molar refractivity (Wildman–Crippen MR) is 113 cm³/mol. The fourth-order valence-corrected chi connectivity index (χ4v) is 3.14. The van der Waals surface area contributed by atoms with E-state index in [1.54, 1.807) is 18.2 Å². The fourth-order valence-electron chi connectivity index (χ4n) is 2.90. The summed E-state index contributed by atoms with van der Waals surface area (Å²) >= 11 is 6.17. The molecular formula is C21H26ClN3O2. The molecule has 0 saturated carbocycles. The van der Waals surface area contributed by atoms with Crippen LogP contribution in [0.3, 0.4) is 0 Å². The molecule has 0 aromatic heterocycles. The van der Waals surface area contributed by atoms with Crippen LogP contribution in [0.15, 0.2) is 48.5 Å². The van der Waals surface area contributed by atoms with E-state index in [0.717, 1.165) is 24.5 Å². The largest absolute Gasteiger partial charge is 0.372 e. The minimum absolute atomic E-state index is 0.149. The van der Waals surface area contributed by atoms with Crippen LogP contribution in [0.5, 0.6) is 0 Å². The number of halogens is 1. The third-order valence-corrected chi connectivity index (χ3v) is 4.69. The van der Waals surface area contributed by atoms with Crippen molar-refractivity contribution in [1.82, 2.24) is 0 Å². The molecular weight excluding hydrogens is 362 g/mol. The van der Waals surface area contributed by atoms with Gasteiger partial charge in [0.15, 0.2) is 0 Å². The Labute approximate surface area is 165 Å². The van der Waals surface area contributed by atoms with E-state index in [0.29, 0.717) is 10.7 Å². The fraction of sp³-hybridized carbons (Fsp3) is 0.333. The predicted octanol–water partition coefficient (Wildman–Crippen LogP) is 4.57. The summed E-state index contributed by atoms with van der Waals surface area (Å²) in [5.74, 6) is -0.302. The first-order chi connectivity index (χ1) is 13.0. The molecule has 1 N–H and O–H groups in total. The summed E-state index contributed by atoms with van der Waals surface area (Å²) in [7, 11) is 0. The molecule has 0 unspecified atom stereocenters. The number of carbonyl (C=O) groups excluding carboxylic acids is 2. The van der Waals surface area contributed by atoms with Gasteiger partial charge in [-0.05, 0) is 50.2 Å². The van der Waals surface area contributed by atoms with Crippen LogP contribution in [0.4, 0.5) is 17.1 Å². The zero-order chi connectivity index (χ0) is 19.8. The van der Waals surface area contributed by atoms with Crippen LogP contribution in [0.2, 0.25) is 5.02 Å². The van der Waals surface area contributed by atoms with Gasteiger partial charge in [-0.2, -0.15) is 0 Å². The number of nitrogens with zero attached hydrogens (tertiary/aromatic N) is 2. The maximum atomic E-state index is 12.3. The van der Waals surface area contributed by atoms with Crippen molar-refractivity contribution in [2.75, 3.05) is 34.8 Å². The molecule has 2 aromatic carbocycles. The van der Waals surface area contributed by atoms with Crippen molar-refractivity contribution in [3.8, 4) is 0 Å². The molecule has 2 amide bonds. The molecule has 0 aliphatic rings. The first kappa shape index (κ1) is 20.8. The van der Waals surface area contributed by atoms with Gasteiger partial charge in [0, 0.05) is 44.4 Å². The standard InChI is InChI=1S/C21H26ClN3O2/c1-4-24(5-2)18-12-10-17(11-13-18)23-21(27)14-15-25(16(3)26)20-9-7-6-8-19(20)22/h6-13H,4-5,14-15H2,1-3H3,(H,23,27). The highest BCUT2D eigenvalue weighted by molar-refractivity contribution is 6.33. The zero-order valence-electron chi connectivity index (χ0n) is 16.0. The lowest BCUT2D eigenvalue weighted by molar-refractivity contribution is -0.117. The molecule has 0 radical (unpaired) electrons. The summed E-state index contributed by atoms with van der Waals surface area (Å²) in [4.78, 5) is 28.0. The molecule has 0 heterocycles. The van der Waals surface area contributed by atoms with E-state index in [-0.39, 0.29) is 24.8 Å². The summed E-state index contributed by atoms with van der Waals surface area (Å²) in [6.07, 6.45) is 0.183. The van der Waals surface area contributed by atoms with Crippen LogP contribution in [0, 0.1) is 0 Å². The maximum Gasteiger partial charge on any atom is 0.226 e. The third kappa shape index (κ3) is 5.73. The molecule has 2 aromatic rings. The van der Waals surface area contributed by atoms with Gasteiger partial charge in [0.1, 0.15) is 0 Å². The molecule has 0 fully saturated rings. The Bertz CT molecular complexity index is 773. The Balaban J connectivity index is 1.96. The topological polar surface area (TPSA) is 52.7 Å². The summed E-state index contributed by atoms with van der Waals surface area (Å²) in [5, 5.41) is 3.36. The first-order valence-corrected chi connectivity index (χ1v) is 9.51. The number of benzene rings is 2. The second-order valence-corrected chi connectivity index (χ2v) is 6.55. The van der Waals surface area contributed by atoms with Crippen LogP contribution in [-0.4, -0.2) is 31.4 Å². The lowest BCUT2D eigenvalue weighted by atomic mass is 10.2. The van der Waals surface area contributed by atoms with Crippen LogP contribution in [-0.2, 0) is 9.59 Å². The second kappa shape index (κ2) is 9.97. The van der Waals surface area contributed by atoms with E-state index in [2.05, 4.69) is 24.1 Å². The second-order valence-electron chi connectivity index (χ2n) is 6.14. The summed E-state index contributed by atoms with van der Waals surface area (Å²) in [6, 6.07) is 14.9. The highest BCUT2D eigenvalue weighted by atomic mass is 35.5. The smallest absolute Gasteiger partial charge is 0.226 e. The van der Waals surface area contributed by atoms with Gasteiger partial charge in [0.2, 0.25) is 11.8 Å². The van der Waals surface area contributed by atoms with E-state index in [9.17, 15) is 9.59 Å². The molecule has 0 atom stereocenters. The molecule has 6 heteroatoms. The molecule has 0 aliphatic heterocycles. The van der Waals surface area contributed by atoms with Gasteiger partial charge >= 0.3 is 0 Å². The molecule has 0 saturated heterocycles. The van der Waals surface area contributed by atoms with E-state index < -0.39 is 0 Å². The number of rotatable bonds is 8. The number of hydrogen-bond donors (Lipinski definition) is 1. The molecule has 0 spiro atoms. The Kier molecular flexibility index (Phi) is 7.67. The van der Waals surface area contributed by atoms with Crippen molar-refractivity contribution in [3.05, 3.63) is 53.6 Å². The minimum Gasteiger partial charge on any atom is -0.372 e. The van der Waals surface area contributed by atoms with E-state index in [4.69, 9.17) is 11.6 Å².